The van der Waals surface area contributed by atoms with Crippen molar-refractivity contribution in [1.29, 1.82) is 0 Å². The third-order valence-corrected chi connectivity index (χ3v) is 2.02. The lowest BCUT2D eigenvalue weighted by Gasteiger charge is -2.17. The van der Waals surface area contributed by atoms with Crippen molar-refractivity contribution in [3.05, 3.63) is 23.2 Å². The van der Waals surface area contributed by atoms with E-state index in [1.165, 1.54) is 11.1 Å². The zero-order chi connectivity index (χ0) is 9.35. The first-order valence-electron chi connectivity index (χ1n) is 4.44. The van der Waals surface area contributed by atoms with Gasteiger partial charge in [-0.3, -0.25) is 0 Å². The van der Waals surface area contributed by atoms with E-state index >= 15 is 0 Å². The molecular weight excluding hydrogens is 148 g/mol. The maximum atomic E-state index is 5.34. The summed E-state index contributed by atoms with van der Waals surface area (Å²) in [4.78, 5) is 0. The maximum absolute atomic E-state index is 5.34. The highest BCUT2D eigenvalue weighted by Crippen LogP contribution is 2.25. The summed E-state index contributed by atoms with van der Waals surface area (Å²) < 4.78 is 5.34. The molecule has 68 valence electrons. The van der Waals surface area contributed by atoms with Crippen LogP contribution in [0.25, 0.3) is 0 Å². The van der Waals surface area contributed by atoms with Crippen LogP contribution in [0.3, 0.4) is 0 Å². The van der Waals surface area contributed by atoms with Gasteiger partial charge in [0.15, 0.2) is 0 Å². The average Bonchev–Trinajstić information content (AvgIpc) is 2.16. The van der Waals surface area contributed by atoms with Gasteiger partial charge >= 0.3 is 0 Å². The summed E-state index contributed by atoms with van der Waals surface area (Å²) in [5.74, 6) is 1.07. The van der Waals surface area contributed by atoms with Crippen molar-refractivity contribution < 1.29 is 4.42 Å². The molecule has 0 aliphatic heterocycles. The second-order valence-corrected chi connectivity index (χ2v) is 4.69. The topological polar surface area (TPSA) is 13.1 Å². The van der Waals surface area contributed by atoms with Gasteiger partial charge in [-0.25, -0.2) is 0 Å². The number of hydrogen-bond acceptors (Lipinski definition) is 1. The Morgan fingerprint density at radius 2 is 1.83 bits per heavy atom. The van der Waals surface area contributed by atoms with Crippen LogP contribution in [0.4, 0.5) is 0 Å². The Balaban J connectivity index is 2.88. The van der Waals surface area contributed by atoms with Gasteiger partial charge in [-0.1, -0.05) is 20.8 Å². The highest BCUT2D eigenvalue weighted by molar-refractivity contribution is 5.26. The molecule has 0 aliphatic rings. The van der Waals surface area contributed by atoms with Crippen molar-refractivity contribution in [2.75, 3.05) is 0 Å². The second-order valence-electron chi connectivity index (χ2n) is 4.69. The highest BCUT2D eigenvalue weighted by Gasteiger charge is 2.16. The molecule has 0 bridgehead atoms. The standard InChI is InChI=1S/C11H18O/c1-8-7-12-9(2)10(8)6-11(3,4)5/h7H,6H2,1-5H3. The van der Waals surface area contributed by atoms with Gasteiger partial charge < -0.3 is 4.42 Å². The van der Waals surface area contributed by atoms with Crippen LogP contribution in [-0.4, -0.2) is 0 Å². The molecule has 1 aromatic heterocycles. The molecule has 0 unspecified atom stereocenters. The SMILES string of the molecule is Cc1coc(C)c1CC(C)(C)C. The summed E-state index contributed by atoms with van der Waals surface area (Å²) in [6.07, 6.45) is 2.94. The van der Waals surface area contributed by atoms with Crippen LogP contribution in [0.5, 0.6) is 0 Å². The molecule has 0 radical (unpaired) electrons. The smallest absolute Gasteiger partial charge is 0.104 e. The van der Waals surface area contributed by atoms with E-state index in [1.807, 2.05) is 13.2 Å². The Kier molecular flexibility index (Phi) is 2.31. The second kappa shape index (κ2) is 2.96. The molecule has 1 heterocycles. The zero-order valence-corrected chi connectivity index (χ0v) is 8.69. The fourth-order valence-corrected chi connectivity index (χ4v) is 1.39. The summed E-state index contributed by atoms with van der Waals surface area (Å²) >= 11 is 0. The van der Waals surface area contributed by atoms with Crippen molar-refractivity contribution in [1.82, 2.24) is 0 Å². The Morgan fingerprint density at radius 1 is 1.25 bits per heavy atom. The molecule has 0 saturated heterocycles. The van der Waals surface area contributed by atoms with Gasteiger partial charge in [0.25, 0.3) is 0 Å². The van der Waals surface area contributed by atoms with Crippen molar-refractivity contribution in [2.24, 2.45) is 5.41 Å². The van der Waals surface area contributed by atoms with E-state index in [4.69, 9.17) is 4.42 Å². The lowest BCUT2D eigenvalue weighted by molar-refractivity contribution is 0.405. The van der Waals surface area contributed by atoms with E-state index in [9.17, 15) is 0 Å². The van der Waals surface area contributed by atoms with Crippen LogP contribution in [0.15, 0.2) is 10.7 Å². The van der Waals surface area contributed by atoms with Crippen molar-refractivity contribution >= 4 is 0 Å². The predicted octanol–water partition coefficient (Wildman–Crippen LogP) is 3.49. The molecule has 0 atom stereocenters. The fourth-order valence-electron chi connectivity index (χ4n) is 1.39. The molecule has 12 heavy (non-hydrogen) atoms. The van der Waals surface area contributed by atoms with E-state index < -0.39 is 0 Å². The molecule has 1 heteroatoms. The first-order valence-corrected chi connectivity index (χ1v) is 4.44. The lowest BCUT2D eigenvalue weighted by atomic mass is 9.87. The molecule has 0 spiro atoms. The largest absolute Gasteiger partial charge is 0.469 e. The van der Waals surface area contributed by atoms with E-state index in [0.29, 0.717) is 5.41 Å². The molecule has 0 N–H and O–H groups in total. The van der Waals surface area contributed by atoms with E-state index in [0.717, 1.165) is 12.2 Å². The van der Waals surface area contributed by atoms with Gasteiger partial charge in [-0.05, 0) is 36.8 Å². The monoisotopic (exact) mass is 166 g/mol. The normalized spacial score (nSPS) is 12.1. The minimum Gasteiger partial charge on any atom is -0.469 e. The summed E-state index contributed by atoms with van der Waals surface area (Å²) in [7, 11) is 0. The molecule has 0 aromatic carbocycles. The van der Waals surface area contributed by atoms with Crippen molar-refractivity contribution in [2.45, 2.75) is 41.0 Å². The molecule has 1 aromatic rings. The van der Waals surface area contributed by atoms with Gasteiger partial charge in [-0.15, -0.1) is 0 Å². The van der Waals surface area contributed by atoms with Crippen LogP contribution in [0.2, 0.25) is 0 Å². The first kappa shape index (κ1) is 9.37. The van der Waals surface area contributed by atoms with Gasteiger partial charge in [-0.2, -0.15) is 0 Å². The Bertz CT molecular complexity index is 244. The maximum Gasteiger partial charge on any atom is 0.104 e. The minimum absolute atomic E-state index is 0.347. The third-order valence-electron chi connectivity index (χ3n) is 2.02. The van der Waals surface area contributed by atoms with Gasteiger partial charge in [0.05, 0.1) is 6.26 Å². The van der Waals surface area contributed by atoms with Gasteiger partial charge in [0, 0.05) is 0 Å². The van der Waals surface area contributed by atoms with Gasteiger partial charge in [0.1, 0.15) is 5.76 Å². The molecule has 0 aliphatic carbocycles. The van der Waals surface area contributed by atoms with Gasteiger partial charge in [0.2, 0.25) is 0 Å². The Hall–Kier alpha value is -0.720. The van der Waals surface area contributed by atoms with Crippen LogP contribution < -0.4 is 0 Å². The predicted molar refractivity (Wildman–Crippen MR) is 51.3 cm³/mol. The van der Waals surface area contributed by atoms with E-state index in [2.05, 4.69) is 27.7 Å². The van der Waals surface area contributed by atoms with Crippen LogP contribution >= 0.6 is 0 Å². The fraction of sp³-hybridized carbons (Fsp3) is 0.636. The van der Waals surface area contributed by atoms with Crippen LogP contribution in [0.1, 0.15) is 37.7 Å². The van der Waals surface area contributed by atoms with E-state index in [1.54, 1.807) is 0 Å². The number of furan rings is 1. The molecule has 1 rings (SSSR count). The van der Waals surface area contributed by atoms with Crippen molar-refractivity contribution in [3.8, 4) is 0 Å². The zero-order valence-electron chi connectivity index (χ0n) is 8.69. The third kappa shape index (κ3) is 2.13. The molecule has 0 fully saturated rings. The van der Waals surface area contributed by atoms with E-state index in [-0.39, 0.29) is 0 Å². The van der Waals surface area contributed by atoms with Crippen LogP contribution in [0, 0.1) is 19.3 Å². The summed E-state index contributed by atoms with van der Waals surface area (Å²) in [5.41, 5.74) is 3.00. The average molecular weight is 166 g/mol. The molecule has 0 amide bonds. The molecule has 0 saturated carbocycles. The summed E-state index contributed by atoms with van der Waals surface area (Å²) in [6, 6.07) is 0. The number of aryl methyl sites for hydroxylation is 2. The first-order chi connectivity index (χ1) is 5.40. The quantitative estimate of drug-likeness (QED) is 0.622. The summed E-state index contributed by atoms with van der Waals surface area (Å²) in [5, 5.41) is 0. The van der Waals surface area contributed by atoms with Crippen molar-refractivity contribution in [3.63, 3.8) is 0 Å². The number of rotatable bonds is 1. The minimum atomic E-state index is 0.347. The molecular formula is C11H18O. The number of hydrogen-bond donors (Lipinski definition) is 0. The Morgan fingerprint density at radius 3 is 2.17 bits per heavy atom. The Labute approximate surface area is 74.8 Å². The molecule has 1 nitrogen and oxygen atoms in total. The van der Waals surface area contributed by atoms with Crippen LogP contribution in [-0.2, 0) is 6.42 Å². The lowest BCUT2D eigenvalue weighted by Crippen LogP contribution is -2.10. The highest BCUT2D eigenvalue weighted by atomic mass is 16.3. The summed E-state index contributed by atoms with van der Waals surface area (Å²) in [6.45, 7) is 10.9.